The number of hydrogen-bond donors (Lipinski definition) is 0. The molecule has 0 saturated carbocycles. The minimum Gasteiger partial charge on any atom is -0.335 e. The van der Waals surface area contributed by atoms with Gasteiger partial charge in [-0.05, 0) is 20.8 Å². The van der Waals surface area contributed by atoms with Crippen LogP contribution >= 0.6 is 0 Å². The van der Waals surface area contributed by atoms with E-state index in [-0.39, 0.29) is 18.1 Å². The summed E-state index contributed by atoms with van der Waals surface area (Å²) < 4.78 is 0. The highest BCUT2D eigenvalue weighted by atomic mass is 16.2. The van der Waals surface area contributed by atoms with Crippen molar-refractivity contribution in [3.8, 4) is 0 Å². The average Bonchev–Trinajstić information content (AvgIpc) is 2.17. The Morgan fingerprint density at radius 1 is 1.07 bits per heavy atom. The van der Waals surface area contributed by atoms with E-state index in [0.717, 1.165) is 0 Å². The largest absolute Gasteiger partial charge is 0.335 e. The van der Waals surface area contributed by atoms with E-state index in [1.165, 1.54) is 6.92 Å². The number of carbonyl (C=O) groups excluding carboxylic acids is 2. The molecule has 0 rings (SSSR count). The normalized spacial score (nSPS) is 11.1. The molecule has 0 atom stereocenters. The van der Waals surface area contributed by atoms with Gasteiger partial charge in [-0.15, -0.1) is 0 Å². The number of amides is 1. The maximum Gasteiger partial charge on any atom is 0.230 e. The van der Waals surface area contributed by atoms with Crippen LogP contribution in [0.2, 0.25) is 0 Å². The third-order valence-corrected chi connectivity index (χ3v) is 1.88. The molecule has 0 aromatic carbocycles. The van der Waals surface area contributed by atoms with Gasteiger partial charge >= 0.3 is 0 Å². The van der Waals surface area contributed by atoms with E-state index >= 15 is 0 Å². The van der Waals surface area contributed by atoms with Crippen molar-refractivity contribution in [2.45, 2.75) is 27.2 Å². The summed E-state index contributed by atoms with van der Waals surface area (Å²) in [6, 6.07) is 0. The molecule has 0 saturated heterocycles. The number of Topliss-reactive ketones (excluding diaryl/α,β-unsaturated/α-hetero) is 1. The third-order valence-electron chi connectivity index (χ3n) is 1.88. The van der Waals surface area contributed by atoms with Crippen molar-refractivity contribution in [2.75, 3.05) is 13.1 Å². The van der Waals surface area contributed by atoms with E-state index in [0.29, 0.717) is 13.1 Å². The summed E-state index contributed by atoms with van der Waals surface area (Å²) in [5.41, 5.74) is 0. The predicted molar refractivity (Wildman–Crippen MR) is 61.5 cm³/mol. The lowest BCUT2D eigenvalue weighted by Gasteiger charge is -2.18. The van der Waals surface area contributed by atoms with Crippen molar-refractivity contribution >= 4 is 11.7 Å². The smallest absolute Gasteiger partial charge is 0.230 e. The second kappa shape index (κ2) is 7.97. The van der Waals surface area contributed by atoms with Crippen LogP contribution in [0.5, 0.6) is 0 Å². The van der Waals surface area contributed by atoms with Gasteiger partial charge < -0.3 is 4.90 Å². The van der Waals surface area contributed by atoms with Gasteiger partial charge in [0.1, 0.15) is 5.78 Å². The van der Waals surface area contributed by atoms with Crippen LogP contribution in [0.15, 0.2) is 24.3 Å². The molecule has 0 aliphatic heterocycles. The Morgan fingerprint density at radius 3 is 1.87 bits per heavy atom. The second-order valence-electron chi connectivity index (χ2n) is 3.32. The molecule has 3 heteroatoms. The summed E-state index contributed by atoms with van der Waals surface area (Å²) in [7, 11) is 0. The van der Waals surface area contributed by atoms with E-state index in [1.807, 2.05) is 38.2 Å². The lowest BCUT2D eigenvalue weighted by Crippen LogP contribution is -2.32. The third kappa shape index (κ3) is 6.66. The zero-order valence-corrected chi connectivity index (χ0v) is 9.69. The van der Waals surface area contributed by atoms with Gasteiger partial charge in [0.25, 0.3) is 0 Å². The molecule has 0 fully saturated rings. The molecule has 15 heavy (non-hydrogen) atoms. The Labute approximate surface area is 91.5 Å². The standard InChI is InChI=1S/C12H19NO2/c1-4-6-8-13(9-7-5-2)12(15)10-11(3)14/h4-7H,8-10H2,1-3H3/b6-4+,7-5+. The summed E-state index contributed by atoms with van der Waals surface area (Å²) >= 11 is 0. The molecule has 0 unspecified atom stereocenters. The zero-order chi connectivity index (χ0) is 11.7. The Kier molecular flexibility index (Phi) is 7.24. The Morgan fingerprint density at radius 2 is 1.53 bits per heavy atom. The molecule has 0 heterocycles. The van der Waals surface area contributed by atoms with E-state index in [9.17, 15) is 9.59 Å². The summed E-state index contributed by atoms with van der Waals surface area (Å²) in [6.45, 7) is 6.37. The van der Waals surface area contributed by atoms with Crippen LogP contribution in [0.3, 0.4) is 0 Å². The Balaban J connectivity index is 4.32. The summed E-state index contributed by atoms with van der Waals surface area (Å²) in [5, 5.41) is 0. The molecule has 3 nitrogen and oxygen atoms in total. The first-order valence-electron chi connectivity index (χ1n) is 5.11. The van der Waals surface area contributed by atoms with Crippen LogP contribution in [0, 0.1) is 0 Å². The van der Waals surface area contributed by atoms with Crippen LogP contribution in [0.1, 0.15) is 27.2 Å². The fraction of sp³-hybridized carbons (Fsp3) is 0.500. The highest BCUT2D eigenvalue weighted by Crippen LogP contribution is 1.97. The number of rotatable bonds is 6. The zero-order valence-electron chi connectivity index (χ0n) is 9.69. The molecule has 0 spiro atoms. The number of allylic oxidation sites excluding steroid dienone is 2. The van der Waals surface area contributed by atoms with Crippen molar-refractivity contribution in [3.63, 3.8) is 0 Å². The van der Waals surface area contributed by atoms with Crippen molar-refractivity contribution in [3.05, 3.63) is 24.3 Å². The van der Waals surface area contributed by atoms with Gasteiger partial charge in [0, 0.05) is 13.1 Å². The first-order valence-corrected chi connectivity index (χ1v) is 5.11. The summed E-state index contributed by atoms with van der Waals surface area (Å²) in [6.07, 6.45) is 7.59. The first kappa shape index (κ1) is 13.6. The molecular weight excluding hydrogens is 190 g/mol. The average molecular weight is 209 g/mol. The van der Waals surface area contributed by atoms with Crippen LogP contribution in [-0.4, -0.2) is 29.7 Å². The number of hydrogen-bond acceptors (Lipinski definition) is 2. The fourth-order valence-corrected chi connectivity index (χ4v) is 1.07. The molecule has 0 aliphatic rings. The molecule has 0 aromatic rings. The second-order valence-corrected chi connectivity index (χ2v) is 3.32. The van der Waals surface area contributed by atoms with Crippen LogP contribution in [-0.2, 0) is 9.59 Å². The Bertz CT molecular complexity index is 253. The maximum atomic E-state index is 11.6. The van der Waals surface area contributed by atoms with Crippen molar-refractivity contribution in [1.29, 1.82) is 0 Å². The SMILES string of the molecule is C/C=C/CN(C/C=C/C)C(=O)CC(C)=O. The number of carbonyl (C=O) groups is 2. The Hall–Kier alpha value is -1.38. The van der Waals surface area contributed by atoms with Crippen LogP contribution in [0.25, 0.3) is 0 Å². The summed E-state index contributed by atoms with van der Waals surface area (Å²) in [5.74, 6) is -0.204. The van der Waals surface area contributed by atoms with E-state index in [4.69, 9.17) is 0 Å². The van der Waals surface area contributed by atoms with Gasteiger partial charge in [0.15, 0.2) is 0 Å². The van der Waals surface area contributed by atoms with E-state index in [2.05, 4.69) is 0 Å². The highest BCUT2D eigenvalue weighted by Gasteiger charge is 2.12. The lowest BCUT2D eigenvalue weighted by atomic mass is 10.2. The van der Waals surface area contributed by atoms with Gasteiger partial charge in [-0.3, -0.25) is 9.59 Å². The molecule has 84 valence electrons. The summed E-state index contributed by atoms with van der Waals surface area (Å²) in [4.78, 5) is 24.1. The van der Waals surface area contributed by atoms with Gasteiger partial charge in [0.2, 0.25) is 5.91 Å². The first-order chi connectivity index (χ1) is 7.11. The number of ketones is 1. The monoisotopic (exact) mass is 209 g/mol. The van der Waals surface area contributed by atoms with Crippen molar-refractivity contribution in [2.24, 2.45) is 0 Å². The molecule has 0 radical (unpaired) electrons. The quantitative estimate of drug-likeness (QED) is 0.495. The van der Waals surface area contributed by atoms with Crippen LogP contribution < -0.4 is 0 Å². The highest BCUT2D eigenvalue weighted by molar-refractivity contribution is 5.96. The van der Waals surface area contributed by atoms with Crippen molar-refractivity contribution in [1.82, 2.24) is 4.90 Å². The lowest BCUT2D eigenvalue weighted by molar-refractivity contribution is -0.133. The van der Waals surface area contributed by atoms with Crippen LogP contribution in [0.4, 0.5) is 0 Å². The minimum atomic E-state index is -0.112. The minimum absolute atomic E-state index is 0.00485. The molecule has 0 aliphatic carbocycles. The molecule has 0 N–H and O–H groups in total. The molecule has 1 amide bonds. The maximum absolute atomic E-state index is 11.6. The topological polar surface area (TPSA) is 37.4 Å². The van der Waals surface area contributed by atoms with E-state index < -0.39 is 0 Å². The van der Waals surface area contributed by atoms with Gasteiger partial charge in [-0.25, -0.2) is 0 Å². The van der Waals surface area contributed by atoms with Gasteiger partial charge in [-0.1, -0.05) is 24.3 Å². The molecular formula is C12H19NO2. The van der Waals surface area contributed by atoms with Crippen molar-refractivity contribution < 1.29 is 9.59 Å². The predicted octanol–water partition coefficient (Wildman–Crippen LogP) is 1.95. The molecule has 0 aromatic heterocycles. The van der Waals surface area contributed by atoms with E-state index in [1.54, 1.807) is 4.90 Å². The number of nitrogens with zero attached hydrogens (tertiary/aromatic N) is 1. The van der Waals surface area contributed by atoms with Gasteiger partial charge in [0.05, 0.1) is 6.42 Å². The fourth-order valence-electron chi connectivity index (χ4n) is 1.07. The molecule has 0 bridgehead atoms. The van der Waals surface area contributed by atoms with Gasteiger partial charge in [-0.2, -0.15) is 0 Å².